The van der Waals surface area contributed by atoms with E-state index in [1.54, 1.807) is 0 Å². The lowest BCUT2D eigenvalue weighted by molar-refractivity contribution is -0.113. The number of amides is 1. The summed E-state index contributed by atoms with van der Waals surface area (Å²) in [5, 5.41) is 11.2. The van der Waals surface area contributed by atoms with E-state index >= 15 is 0 Å². The van der Waals surface area contributed by atoms with Crippen molar-refractivity contribution in [2.75, 3.05) is 11.1 Å². The minimum absolute atomic E-state index is 0.144. The number of carbonyl (C=O) groups is 1. The van der Waals surface area contributed by atoms with Gasteiger partial charge in [-0.05, 0) is 69.1 Å². The summed E-state index contributed by atoms with van der Waals surface area (Å²) in [4.78, 5) is 12.1. The molecule has 0 atom stereocenters. The van der Waals surface area contributed by atoms with Crippen molar-refractivity contribution < 1.29 is 9.21 Å². The Morgan fingerprint density at radius 2 is 2.00 bits per heavy atom. The number of anilines is 1. The van der Waals surface area contributed by atoms with Crippen molar-refractivity contribution in [1.29, 1.82) is 0 Å². The fourth-order valence-electron chi connectivity index (χ4n) is 2.06. The molecule has 0 unspecified atom stereocenters. The molecule has 8 heteroatoms. The van der Waals surface area contributed by atoms with Crippen LogP contribution < -0.4 is 5.32 Å². The van der Waals surface area contributed by atoms with Crippen LogP contribution in [-0.4, -0.2) is 21.9 Å². The Bertz CT molecular complexity index is 914. The number of aryl methyl sites for hydroxylation is 1. The van der Waals surface area contributed by atoms with Gasteiger partial charge in [0.1, 0.15) is 0 Å². The molecule has 3 rings (SSSR count). The first-order valence-corrected chi connectivity index (χ1v) is 9.86. The summed E-state index contributed by atoms with van der Waals surface area (Å²) in [6, 6.07) is 13.3. The predicted octanol–water partition coefficient (Wildman–Crippen LogP) is 5.30. The van der Waals surface area contributed by atoms with Gasteiger partial charge in [-0.2, -0.15) is 0 Å². The second kappa shape index (κ2) is 8.16. The fraction of sp³-hybridized carbons (Fsp3) is 0.118. The van der Waals surface area contributed by atoms with E-state index in [0.717, 1.165) is 20.1 Å². The van der Waals surface area contributed by atoms with E-state index in [9.17, 15) is 4.79 Å². The molecule has 5 nitrogen and oxygen atoms in total. The lowest BCUT2D eigenvalue weighted by Gasteiger charge is -2.05. The van der Waals surface area contributed by atoms with Gasteiger partial charge >= 0.3 is 0 Å². The van der Waals surface area contributed by atoms with Crippen molar-refractivity contribution in [3.63, 3.8) is 0 Å². The van der Waals surface area contributed by atoms with Gasteiger partial charge in [-0.25, -0.2) is 0 Å². The van der Waals surface area contributed by atoms with Crippen LogP contribution in [0.1, 0.15) is 5.56 Å². The maximum absolute atomic E-state index is 12.1. The van der Waals surface area contributed by atoms with Crippen LogP contribution in [0, 0.1) is 6.92 Å². The van der Waals surface area contributed by atoms with Crippen molar-refractivity contribution >= 4 is 55.2 Å². The van der Waals surface area contributed by atoms with Crippen LogP contribution in [0.5, 0.6) is 0 Å². The molecule has 0 spiro atoms. The number of nitrogens with zero attached hydrogens (tertiary/aromatic N) is 2. The van der Waals surface area contributed by atoms with Gasteiger partial charge in [0.05, 0.1) is 5.75 Å². The molecule has 25 heavy (non-hydrogen) atoms. The molecule has 0 aliphatic carbocycles. The van der Waals surface area contributed by atoms with E-state index < -0.39 is 0 Å². The van der Waals surface area contributed by atoms with Crippen LogP contribution in [-0.2, 0) is 4.79 Å². The average Bonchev–Trinajstić information content (AvgIpc) is 3.05. The van der Waals surface area contributed by atoms with Gasteiger partial charge in [-0.15, -0.1) is 10.2 Å². The van der Waals surface area contributed by atoms with Gasteiger partial charge in [0, 0.05) is 20.2 Å². The molecule has 0 aliphatic rings. The van der Waals surface area contributed by atoms with Crippen molar-refractivity contribution in [3.05, 3.63) is 57.0 Å². The van der Waals surface area contributed by atoms with Gasteiger partial charge in [0.2, 0.25) is 11.8 Å². The first-order valence-electron chi connectivity index (χ1n) is 7.29. The lowest BCUT2D eigenvalue weighted by atomic mass is 10.1. The molecule has 0 saturated carbocycles. The summed E-state index contributed by atoms with van der Waals surface area (Å²) in [5.74, 6) is 0.487. The van der Waals surface area contributed by atoms with Crippen LogP contribution in [0.4, 0.5) is 5.69 Å². The number of carbonyl (C=O) groups excluding carboxylic acids is 1. The summed E-state index contributed by atoms with van der Waals surface area (Å²) in [5.41, 5.74) is 2.69. The van der Waals surface area contributed by atoms with Gasteiger partial charge in [-0.3, -0.25) is 4.79 Å². The third-order valence-electron chi connectivity index (χ3n) is 3.20. The maximum atomic E-state index is 12.1. The summed E-state index contributed by atoms with van der Waals surface area (Å²) in [6.45, 7) is 2.00. The van der Waals surface area contributed by atoms with Crippen molar-refractivity contribution in [1.82, 2.24) is 10.2 Å². The van der Waals surface area contributed by atoms with Crippen LogP contribution in [0.15, 0.2) is 61.0 Å². The molecule has 1 N–H and O–H groups in total. The van der Waals surface area contributed by atoms with Crippen molar-refractivity contribution in [2.24, 2.45) is 0 Å². The van der Waals surface area contributed by atoms with E-state index in [1.165, 1.54) is 11.8 Å². The summed E-state index contributed by atoms with van der Waals surface area (Å²) in [7, 11) is 0. The molecule has 0 aliphatic heterocycles. The standard InChI is InChI=1S/C17H13Br2N3O2S/c1-10-3-2-4-11(7-10)16-21-22-17(24-16)25-9-15(23)20-12-5-6-13(18)14(19)8-12/h2-8H,9H2,1H3,(H,20,23). The zero-order valence-electron chi connectivity index (χ0n) is 13.1. The molecular weight excluding hydrogens is 470 g/mol. The van der Waals surface area contributed by atoms with E-state index in [-0.39, 0.29) is 11.7 Å². The number of hydrogen-bond acceptors (Lipinski definition) is 5. The Morgan fingerprint density at radius 1 is 1.16 bits per heavy atom. The molecule has 2 aromatic carbocycles. The van der Waals surface area contributed by atoms with Crippen molar-refractivity contribution in [2.45, 2.75) is 12.1 Å². The van der Waals surface area contributed by atoms with Crippen molar-refractivity contribution in [3.8, 4) is 11.5 Å². The quantitative estimate of drug-likeness (QED) is 0.499. The number of nitrogens with one attached hydrogen (secondary N) is 1. The first kappa shape index (κ1) is 18.2. The Kier molecular flexibility index (Phi) is 5.93. The smallest absolute Gasteiger partial charge is 0.277 e. The average molecular weight is 483 g/mol. The molecule has 3 aromatic rings. The molecule has 0 saturated heterocycles. The van der Waals surface area contributed by atoms with Gasteiger partial charge in [0.25, 0.3) is 5.22 Å². The number of rotatable bonds is 5. The molecule has 0 radical (unpaired) electrons. The minimum atomic E-state index is -0.144. The van der Waals surface area contributed by atoms with Crippen LogP contribution in [0.2, 0.25) is 0 Å². The number of hydrogen-bond donors (Lipinski definition) is 1. The van der Waals surface area contributed by atoms with E-state index in [4.69, 9.17) is 4.42 Å². The zero-order chi connectivity index (χ0) is 17.8. The van der Waals surface area contributed by atoms with Gasteiger partial charge in [-0.1, -0.05) is 29.5 Å². The summed E-state index contributed by atoms with van der Waals surface area (Å²) < 4.78 is 7.41. The molecule has 128 valence electrons. The Labute approximate surface area is 165 Å². The van der Waals surface area contributed by atoms with E-state index in [1.807, 2.05) is 49.4 Å². The number of thioether (sulfide) groups is 1. The third-order valence-corrected chi connectivity index (χ3v) is 5.90. The highest BCUT2D eigenvalue weighted by Crippen LogP contribution is 2.27. The number of halogens is 2. The SMILES string of the molecule is Cc1cccc(-c2nnc(SCC(=O)Nc3ccc(Br)c(Br)c3)o2)c1. The highest BCUT2D eigenvalue weighted by molar-refractivity contribution is 9.13. The summed E-state index contributed by atoms with van der Waals surface area (Å²) in [6.07, 6.45) is 0. The normalized spacial score (nSPS) is 10.7. The molecule has 0 fully saturated rings. The first-order chi connectivity index (χ1) is 12.0. The number of aromatic nitrogens is 2. The Hall–Kier alpha value is -1.64. The second-order valence-corrected chi connectivity index (χ2v) is 7.84. The molecule has 1 heterocycles. The zero-order valence-corrected chi connectivity index (χ0v) is 17.1. The van der Waals surface area contributed by atoms with Crippen LogP contribution in [0.3, 0.4) is 0 Å². The molecule has 1 aromatic heterocycles. The fourth-order valence-corrected chi connectivity index (χ4v) is 3.25. The largest absolute Gasteiger partial charge is 0.411 e. The molecule has 0 bridgehead atoms. The Morgan fingerprint density at radius 3 is 2.76 bits per heavy atom. The van der Waals surface area contributed by atoms with Crippen LogP contribution >= 0.6 is 43.6 Å². The minimum Gasteiger partial charge on any atom is -0.411 e. The highest BCUT2D eigenvalue weighted by atomic mass is 79.9. The van der Waals surface area contributed by atoms with Gasteiger partial charge < -0.3 is 9.73 Å². The third kappa shape index (κ3) is 4.93. The van der Waals surface area contributed by atoms with E-state index in [2.05, 4.69) is 47.4 Å². The van der Waals surface area contributed by atoms with Crippen LogP contribution in [0.25, 0.3) is 11.5 Å². The second-order valence-electron chi connectivity index (χ2n) is 5.21. The molecular formula is C17H13Br2N3O2S. The monoisotopic (exact) mass is 481 g/mol. The summed E-state index contributed by atoms with van der Waals surface area (Å²) >= 11 is 8.00. The Balaban J connectivity index is 1.58. The predicted molar refractivity (Wildman–Crippen MR) is 106 cm³/mol. The topological polar surface area (TPSA) is 68.0 Å². The van der Waals surface area contributed by atoms with E-state index in [0.29, 0.717) is 16.8 Å². The van der Waals surface area contributed by atoms with Gasteiger partial charge in [0.15, 0.2) is 0 Å². The number of benzene rings is 2. The lowest BCUT2D eigenvalue weighted by Crippen LogP contribution is -2.13. The molecule has 1 amide bonds. The maximum Gasteiger partial charge on any atom is 0.277 e. The highest BCUT2D eigenvalue weighted by Gasteiger charge is 2.12.